The van der Waals surface area contributed by atoms with E-state index in [-0.39, 0.29) is 16.3 Å². The third-order valence-corrected chi connectivity index (χ3v) is 6.66. The molecule has 180 valence electrons. The minimum absolute atomic E-state index is 0.117. The average molecular weight is 511 g/mol. The van der Waals surface area contributed by atoms with Crippen molar-refractivity contribution >= 4 is 46.6 Å². The van der Waals surface area contributed by atoms with Gasteiger partial charge in [0, 0.05) is 16.0 Å². The molecule has 9 heteroatoms. The Morgan fingerprint density at radius 1 is 0.829 bits per heavy atom. The monoisotopic (exact) mass is 510 g/mol. The van der Waals surface area contributed by atoms with E-state index >= 15 is 0 Å². The first-order valence-electron chi connectivity index (χ1n) is 10.6. The van der Waals surface area contributed by atoms with Crippen molar-refractivity contribution in [3.8, 4) is 17.2 Å². The summed E-state index contributed by atoms with van der Waals surface area (Å²) in [5.74, 6) is 0.364. The van der Waals surface area contributed by atoms with Crippen molar-refractivity contribution in [1.82, 2.24) is 0 Å². The smallest absolute Gasteiger partial charge is 0.283 e. The van der Waals surface area contributed by atoms with Gasteiger partial charge in [-0.1, -0.05) is 41.1 Å². The second-order valence-electron chi connectivity index (χ2n) is 7.57. The number of imide groups is 1. The molecule has 0 radical (unpaired) electrons. The molecule has 1 heterocycles. The SMILES string of the molecule is COc1ccc(NC2=C(Sc3ccc(C)cc3)C(=O)N(c3cc(Cl)ccc3OC)C2=O)c(OC)c1. The maximum atomic E-state index is 13.7. The summed E-state index contributed by atoms with van der Waals surface area (Å²) in [5.41, 5.74) is 1.97. The van der Waals surface area contributed by atoms with E-state index in [1.165, 1.54) is 32.0 Å². The molecule has 0 bridgehead atoms. The van der Waals surface area contributed by atoms with Crippen molar-refractivity contribution in [3.63, 3.8) is 0 Å². The fourth-order valence-corrected chi connectivity index (χ4v) is 4.63. The number of amides is 2. The van der Waals surface area contributed by atoms with Gasteiger partial charge in [-0.25, -0.2) is 4.90 Å². The van der Waals surface area contributed by atoms with Gasteiger partial charge < -0.3 is 19.5 Å². The molecule has 0 aromatic heterocycles. The molecular formula is C26H23ClN2O5S. The van der Waals surface area contributed by atoms with Crippen LogP contribution in [-0.2, 0) is 9.59 Å². The topological polar surface area (TPSA) is 77.1 Å². The number of carbonyl (C=O) groups is 2. The van der Waals surface area contributed by atoms with Crippen molar-refractivity contribution in [3.05, 3.63) is 81.9 Å². The normalized spacial score (nSPS) is 13.3. The standard InChI is InChI=1S/C26H23ClN2O5S/c1-15-5-9-18(10-6-15)35-24-23(28-19-11-8-17(32-2)14-22(19)34-4)25(30)29(26(24)31)20-13-16(27)7-12-21(20)33-3/h5-14,28H,1-4H3. The lowest BCUT2D eigenvalue weighted by molar-refractivity contribution is -0.120. The number of halogens is 1. The summed E-state index contributed by atoms with van der Waals surface area (Å²) in [6, 6.07) is 17.6. The van der Waals surface area contributed by atoms with E-state index in [1.807, 2.05) is 31.2 Å². The highest BCUT2D eigenvalue weighted by molar-refractivity contribution is 8.04. The Hall–Kier alpha value is -3.62. The lowest BCUT2D eigenvalue weighted by Gasteiger charge is -2.19. The van der Waals surface area contributed by atoms with Gasteiger partial charge in [-0.3, -0.25) is 9.59 Å². The van der Waals surface area contributed by atoms with Crippen molar-refractivity contribution in [2.75, 3.05) is 31.5 Å². The highest BCUT2D eigenvalue weighted by Gasteiger charge is 2.41. The fraction of sp³-hybridized carbons (Fsp3) is 0.154. The van der Waals surface area contributed by atoms with Gasteiger partial charge in [0.1, 0.15) is 27.9 Å². The van der Waals surface area contributed by atoms with E-state index < -0.39 is 11.8 Å². The molecule has 4 rings (SSSR count). The Morgan fingerprint density at radius 2 is 1.54 bits per heavy atom. The van der Waals surface area contributed by atoms with Crippen LogP contribution in [-0.4, -0.2) is 33.1 Å². The highest BCUT2D eigenvalue weighted by Crippen LogP contribution is 2.42. The Kier molecular flexibility index (Phi) is 7.23. The summed E-state index contributed by atoms with van der Waals surface area (Å²) < 4.78 is 16.1. The molecule has 3 aromatic carbocycles. The van der Waals surface area contributed by atoms with Crippen LogP contribution in [0.25, 0.3) is 0 Å². The van der Waals surface area contributed by atoms with Crippen LogP contribution in [0.3, 0.4) is 0 Å². The quantitative estimate of drug-likeness (QED) is 0.391. The number of nitrogens with zero attached hydrogens (tertiary/aromatic N) is 1. The van der Waals surface area contributed by atoms with E-state index in [0.29, 0.717) is 28.0 Å². The lowest BCUT2D eigenvalue weighted by atomic mass is 10.2. The number of nitrogens with one attached hydrogen (secondary N) is 1. The summed E-state index contributed by atoms with van der Waals surface area (Å²) in [5, 5.41) is 3.49. The molecule has 0 saturated carbocycles. The number of thioether (sulfide) groups is 1. The number of methoxy groups -OCH3 is 3. The zero-order valence-corrected chi connectivity index (χ0v) is 21.1. The Morgan fingerprint density at radius 3 is 2.20 bits per heavy atom. The molecule has 7 nitrogen and oxygen atoms in total. The molecule has 0 fully saturated rings. The van der Waals surface area contributed by atoms with Crippen LogP contribution in [0, 0.1) is 6.92 Å². The third-order valence-electron chi connectivity index (χ3n) is 5.33. The van der Waals surface area contributed by atoms with Crippen molar-refractivity contribution in [2.24, 2.45) is 0 Å². The van der Waals surface area contributed by atoms with Gasteiger partial charge in [-0.2, -0.15) is 0 Å². The first-order chi connectivity index (χ1) is 16.9. The van der Waals surface area contributed by atoms with Crippen molar-refractivity contribution in [2.45, 2.75) is 11.8 Å². The number of ether oxygens (including phenoxy) is 3. The molecule has 0 aliphatic carbocycles. The first kappa shape index (κ1) is 24.5. The van der Waals surface area contributed by atoms with Gasteiger partial charge in [0.15, 0.2) is 0 Å². The predicted octanol–water partition coefficient (Wildman–Crippen LogP) is 5.66. The van der Waals surface area contributed by atoms with Crippen LogP contribution in [0.15, 0.2) is 76.2 Å². The van der Waals surface area contributed by atoms with Crippen molar-refractivity contribution < 1.29 is 23.8 Å². The number of hydrogen-bond acceptors (Lipinski definition) is 7. The molecule has 2 amide bonds. The maximum Gasteiger partial charge on any atom is 0.283 e. The summed E-state index contributed by atoms with van der Waals surface area (Å²) in [4.78, 5) is 29.5. The van der Waals surface area contributed by atoms with E-state index in [0.717, 1.165) is 15.4 Å². The first-order valence-corrected chi connectivity index (χ1v) is 11.8. The lowest BCUT2D eigenvalue weighted by Crippen LogP contribution is -2.32. The van der Waals surface area contributed by atoms with Crippen LogP contribution in [0.4, 0.5) is 11.4 Å². The molecule has 1 aliphatic heterocycles. The van der Waals surface area contributed by atoms with Gasteiger partial charge in [-0.15, -0.1) is 0 Å². The highest BCUT2D eigenvalue weighted by atomic mass is 35.5. The summed E-state index contributed by atoms with van der Waals surface area (Å²) in [7, 11) is 4.53. The van der Waals surface area contributed by atoms with Gasteiger partial charge in [-0.05, 0) is 49.4 Å². The fourth-order valence-electron chi connectivity index (χ4n) is 3.53. The zero-order valence-electron chi connectivity index (χ0n) is 19.5. The number of aryl methyl sites for hydroxylation is 1. The maximum absolute atomic E-state index is 13.7. The summed E-state index contributed by atoms with van der Waals surface area (Å²) in [6.07, 6.45) is 0. The van der Waals surface area contributed by atoms with Crippen LogP contribution in [0.1, 0.15) is 5.56 Å². The molecule has 0 saturated heterocycles. The molecule has 0 spiro atoms. The molecule has 0 unspecified atom stereocenters. The zero-order chi connectivity index (χ0) is 25.1. The molecule has 1 aliphatic rings. The van der Waals surface area contributed by atoms with Gasteiger partial charge in [0.25, 0.3) is 11.8 Å². The minimum atomic E-state index is -0.539. The molecule has 0 atom stereocenters. The number of benzene rings is 3. The predicted molar refractivity (Wildman–Crippen MR) is 138 cm³/mol. The number of carbonyl (C=O) groups excluding carboxylic acids is 2. The average Bonchev–Trinajstić information content (AvgIpc) is 3.09. The summed E-state index contributed by atoms with van der Waals surface area (Å²) in [6.45, 7) is 1.98. The van der Waals surface area contributed by atoms with Crippen molar-refractivity contribution in [1.29, 1.82) is 0 Å². The second-order valence-corrected chi connectivity index (χ2v) is 9.09. The van der Waals surface area contributed by atoms with Gasteiger partial charge >= 0.3 is 0 Å². The van der Waals surface area contributed by atoms with E-state index in [9.17, 15) is 9.59 Å². The minimum Gasteiger partial charge on any atom is -0.497 e. The van der Waals surface area contributed by atoms with Gasteiger partial charge in [0.05, 0.1) is 32.7 Å². The van der Waals surface area contributed by atoms with Crippen LogP contribution >= 0.6 is 23.4 Å². The van der Waals surface area contributed by atoms with Crippen LogP contribution < -0.4 is 24.4 Å². The largest absolute Gasteiger partial charge is 0.497 e. The molecule has 3 aromatic rings. The summed E-state index contributed by atoms with van der Waals surface area (Å²) >= 11 is 7.40. The Labute approximate surface area is 212 Å². The number of rotatable bonds is 8. The Balaban J connectivity index is 1.80. The number of anilines is 2. The van der Waals surface area contributed by atoms with E-state index in [2.05, 4.69) is 5.32 Å². The van der Waals surface area contributed by atoms with Crippen LogP contribution in [0.2, 0.25) is 5.02 Å². The second kappa shape index (κ2) is 10.3. The van der Waals surface area contributed by atoms with E-state index in [1.54, 1.807) is 37.4 Å². The van der Waals surface area contributed by atoms with E-state index in [4.69, 9.17) is 25.8 Å². The van der Waals surface area contributed by atoms with Gasteiger partial charge in [0.2, 0.25) is 0 Å². The molecule has 1 N–H and O–H groups in total. The molecular weight excluding hydrogens is 488 g/mol. The molecule has 35 heavy (non-hydrogen) atoms. The third kappa shape index (κ3) is 4.94. The number of hydrogen-bond donors (Lipinski definition) is 1. The van der Waals surface area contributed by atoms with Crippen LogP contribution in [0.5, 0.6) is 17.2 Å². The Bertz CT molecular complexity index is 1320.